The van der Waals surface area contributed by atoms with Gasteiger partial charge in [0.2, 0.25) is 0 Å². The van der Waals surface area contributed by atoms with Gasteiger partial charge in [0.15, 0.2) is 0 Å². The topological polar surface area (TPSA) is 47.6 Å². The van der Waals surface area contributed by atoms with Gasteiger partial charge in [0.05, 0.1) is 19.3 Å². The van der Waals surface area contributed by atoms with Gasteiger partial charge < -0.3 is 14.8 Å². The van der Waals surface area contributed by atoms with E-state index in [1.54, 1.807) is 6.07 Å². The summed E-state index contributed by atoms with van der Waals surface area (Å²) in [4.78, 5) is 12.5. The van der Waals surface area contributed by atoms with Crippen molar-refractivity contribution in [2.75, 3.05) is 11.9 Å². The largest absolute Gasteiger partial charge is 0.494 e. The highest BCUT2D eigenvalue weighted by molar-refractivity contribution is 6.04. The van der Waals surface area contributed by atoms with E-state index >= 15 is 0 Å². The second-order valence-corrected chi connectivity index (χ2v) is 6.12. The molecular weight excluding hydrogens is 314 g/mol. The van der Waals surface area contributed by atoms with Gasteiger partial charge in [0, 0.05) is 16.8 Å². The number of anilines is 1. The number of carbonyl (C=O) groups excluding carboxylic acids is 1. The molecule has 4 heteroatoms. The van der Waals surface area contributed by atoms with E-state index in [4.69, 9.17) is 9.47 Å². The molecule has 1 N–H and O–H groups in total. The Bertz CT molecular complexity index is 693. The molecule has 0 saturated carbocycles. The number of nitrogens with one attached hydrogen (secondary N) is 1. The minimum Gasteiger partial charge on any atom is -0.494 e. The fraction of sp³-hybridized carbons (Fsp3) is 0.381. The molecule has 0 atom stereocenters. The molecule has 25 heavy (non-hydrogen) atoms. The molecular formula is C21H27NO3. The number of hydrogen-bond acceptors (Lipinski definition) is 3. The molecule has 0 aliphatic rings. The van der Waals surface area contributed by atoms with E-state index in [2.05, 4.69) is 12.2 Å². The van der Waals surface area contributed by atoms with Crippen LogP contribution in [-0.2, 0) is 17.8 Å². The molecule has 4 nitrogen and oxygen atoms in total. The molecule has 0 spiro atoms. The molecule has 0 unspecified atom stereocenters. The van der Waals surface area contributed by atoms with Gasteiger partial charge in [-0.1, -0.05) is 19.1 Å². The SMILES string of the molecule is CCOc1ccc(C(=O)Nc2ccc(CC)cc2)cc1COC(C)C. The van der Waals surface area contributed by atoms with Crippen LogP contribution >= 0.6 is 0 Å². The molecule has 0 bridgehead atoms. The van der Waals surface area contributed by atoms with Crippen LogP contribution in [0.5, 0.6) is 5.75 Å². The highest BCUT2D eigenvalue weighted by Crippen LogP contribution is 2.23. The summed E-state index contributed by atoms with van der Waals surface area (Å²) in [5, 5.41) is 2.93. The van der Waals surface area contributed by atoms with Gasteiger partial charge in [-0.25, -0.2) is 0 Å². The molecule has 0 saturated heterocycles. The van der Waals surface area contributed by atoms with E-state index in [1.165, 1.54) is 5.56 Å². The number of carbonyl (C=O) groups is 1. The van der Waals surface area contributed by atoms with Crippen molar-refractivity contribution in [1.29, 1.82) is 0 Å². The van der Waals surface area contributed by atoms with Crippen molar-refractivity contribution in [2.24, 2.45) is 0 Å². The van der Waals surface area contributed by atoms with Crippen molar-refractivity contribution in [3.05, 3.63) is 59.2 Å². The predicted molar refractivity (Wildman–Crippen MR) is 101 cm³/mol. The van der Waals surface area contributed by atoms with Crippen LogP contribution in [0.4, 0.5) is 5.69 Å². The molecule has 0 heterocycles. The summed E-state index contributed by atoms with van der Waals surface area (Å²) in [5.74, 6) is 0.616. The Kier molecular flexibility index (Phi) is 7.02. The summed E-state index contributed by atoms with van der Waals surface area (Å²) >= 11 is 0. The Morgan fingerprint density at radius 1 is 1.08 bits per heavy atom. The number of amides is 1. The molecule has 1 amide bonds. The quantitative estimate of drug-likeness (QED) is 0.748. The van der Waals surface area contributed by atoms with Crippen LogP contribution in [0.2, 0.25) is 0 Å². The van der Waals surface area contributed by atoms with Gasteiger partial charge in [-0.15, -0.1) is 0 Å². The van der Waals surface area contributed by atoms with Crippen molar-refractivity contribution in [1.82, 2.24) is 0 Å². The zero-order chi connectivity index (χ0) is 18.2. The minimum atomic E-state index is -0.141. The lowest BCUT2D eigenvalue weighted by Crippen LogP contribution is -2.13. The van der Waals surface area contributed by atoms with Crippen molar-refractivity contribution in [2.45, 2.75) is 46.8 Å². The van der Waals surface area contributed by atoms with Gasteiger partial charge in [0.1, 0.15) is 5.75 Å². The van der Waals surface area contributed by atoms with Gasteiger partial charge in [-0.05, 0) is 63.1 Å². The molecule has 0 radical (unpaired) electrons. The first-order chi connectivity index (χ1) is 12.0. The highest BCUT2D eigenvalue weighted by atomic mass is 16.5. The maximum Gasteiger partial charge on any atom is 0.255 e. The number of aryl methyl sites for hydroxylation is 1. The summed E-state index contributed by atoms with van der Waals surface area (Å²) in [6.45, 7) is 9.00. The van der Waals surface area contributed by atoms with Crippen LogP contribution in [-0.4, -0.2) is 18.6 Å². The second kappa shape index (κ2) is 9.23. The maximum absolute atomic E-state index is 12.5. The lowest BCUT2D eigenvalue weighted by Gasteiger charge is -2.14. The van der Waals surface area contributed by atoms with E-state index in [9.17, 15) is 4.79 Å². The van der Waals surface area contributed by atoms with Crippen LogP contribution < -0.4 is 10.1 Å². The van der Waals surface area contributed by atoms with Crippen LogP contribution in [0.15, 0.2) is 42.5 Å². The van der Waals surface area contributed by atoms with Crippen molar-refractivity contribution < 1.29 is 14.3 Å². The van der Waals surface area contributed by atoms with Gasteiger partial charge in [-0.3, -0.25) is 4.79 Å². The third-order valence-corrected chi connectivity index (χ3v) is 3.81. The highest BCUT2D eigenvalue weighted by Gasteiger charge is 2.12. The zero-order valence-electron chi connectivity index (χ0n) is 15.5. The average molecular weight is 341 g/mol. The molecule has 0 aromatic heterocycles. The monoisotopic (exact) mass is 341 g/mol. The molecule has 2 aromatic rings. The molecule has 2 aromatic carbocycles. The fourth-order valence-electron chi connectivity index (χ4n) is 2.41. The van der Waals surface area contributed by atoms with Crippen LogP contribution in [0.3, 0.4) is 0 Å². The predicted octanol–water partition coefficient (Wildman–Crippen LogP) is 4.83. The van der Waals surface area contributed by atoms with Crippen LogP contribution in [0.1, 0.15) is 49.2 Å². The minimum absolute atomic E-state index is 0.115. The summed E-state index contributed by atoms with van der Waals surface area (Å²) < 4.78 is 11.3. The number of benzene rings is 2. The van der Waals surface area contributed by atoms with Crippen molar-refractivity contribution in [3.63, 3.8) is 0 Å². The molecule has 2 rings (SSSR count). The van der Waals surface area contributed by atoms with Crippen molar-refractivity contribution >= 4 is 11.6 Å². The Balaban J connectivity index is 2.15. The Morgan fingerprint density at radius 3 is 2.40 bits per heavy atom. The number of rotatable bonds is 8. The van der Waals surface area contributed by atoms with Crippen molar-refractivity contribution in [3.8, 4) is 5.75 Å². The molecule has 0 aliphatic carbocycles. The third kappa shape index (κ3) is 5.61. The van der Waals surface area contributed by atoms with Gasteiger partial charge >= 0.3 is 0 Å². The van der Waals surface area contributed by atoms with E-state index < -0.39 is 0 Å². The van der Waals surface area contributed by atoms with Crippen LogP contribution in [0.25, 0.3) is 0 Å². The van der Waals surface area contributed by atoms with Gasteiger partial charge in [0.25, 0.3) is 5.91 Å². The number of ether oxygens (including phenoxy) is 2. The molecule has 134 valence electrons. The van der Waals surface area contributed by atoms with E-state index in [1.807, 2.05) is 57.2 Å². The van der Waals surface area contributed by atoms with Crippen LogP contribution in [0, 0.1) is 0 Å². The fourth-order valence-corrected chi connectivity index (χ4v) is 2.41. The Labute approximate surface area is 150 Å². The van der Waals surface area contributed by atoms with E-state index in [0.29, 0.717) is 18.8 Å². The smallest absolute Gasteiger partial charge is 0.255 e. The number of hydrogen-bond donors (Lipinski definition) is 1. The van der Waals surface area contributed by atoms with Gasteiger partial charge in [-0.2, -0.15) is 0 Å². The Morgan fingerprint density at radius 2 is 1.80 bits per heavy atom. The second-order valence-electron chi connectivity index (χ2n) is 6.12. The summed E-state index contributed by atoms with van der Waals surface area (Å²) in [5.41, 5.74) is 3.50. The summed E-state index contributed by atoms with van der Waals surface area (Å²) in [7, 11) is 0. The normalized spacial score (nSPS) is 10.8. The first kappa shape index (κ1) is 19.0. The molecule has 0 fully saturated rings. The van der Waals surface area contributed by atoms with E-state index in [-0.39, 0.29) is 12.0 Å². The summed E-state index contributed by atoms with van der Waals surface area (Å²) in [6.07, 6.45) is 1.09. The molecule has 0 aliphatic heterocycles. The first-order valence-corrected chi connectivity index (χ1v) is 8.81. The average Bonchev–Trinajstić information content (AvgIpc) is 2.61. The Hall–Kier alpha value is -2.33. The zero-order valence-corrected chi connectivity index (χ0v) is 15.5. The van der Waals surface area contributed by atoms with E-state index in [0.717, 1.165) is 23.4 Å². The standard InChI is InChI=1S/C21H27NO3/c1-5-16-7-10-19(11-8-16)22-21(23)17-9-12-20(24-6-2)18(13-17)14-25-15(3)4/h7-13,15H,5-6,14H2,1-4H3,(H,22,23). The lowest BCUT2D eigenvalue weighted by atomic mass is 10.1. The third-order valence-electron chi connectivity index (χ3n) is 3.81. The first-order valence-electron chi connectivity index (χ1n) is 8.81. The lowest BCUT2D eigenvalue weighted by molar-refractivity contribution is 0.0641. The summed E-state index contributed by atoms with van der Waals surface area (Å²) in [6, 6.07) is 13.3. The maximum atomic E-state index is 12.5.